The number of rotatable bonds is 8. The lowest BCUT2D eigenvalue weighted by Gasteiger charge is -2.15. The number of benzene rings is 3. The van der Waals surface area contributed by atoms with Gasteiger partial charge in [-0.1, -0.05) is 77.8 Å². The highest BCUT2D eigenvalue weighted by molar-refractivity contribution is 9.10. The van der Waals surface area contributed by atoms with Gasteiger partial charge in [-0.25, -0.2) is 4.79 Å². The van der Waals surface area contributed by atoms with Crippen molar-refractivity contribution in [3.63, 3.8) is 0 Å². The predicted octanol–water partition coefficient (Wildman–Crippen LogP) is 6.20. The smallest absolute Gasteiger partial charge is 0.343 e. The molecule has 0 saturated carbocycles. The number of nitrogens with zero attached hydrogens (tertiary/aromatic N) is 1. The van der Waals surface area contributed by atoms with Crippen molar-refractivity contribution in [2.45, 2.75) is 27.2 Å². The van der Waals surface area contributed by atoms with E-state index < -0.39 is 11.9 Å². The molecule has 0 bridgehead atoms. The van der Waals surface area contributed by atoms with Gasteiger partial charge in [-0.2, -0.15) is 0 Å². The van der Waals surface area contributed by atoms with Crippen molar-refractivity contribution in [1.29, 1.82) is 0 Å². The van der Waals surface area contributed by atoms with Gasteiger partial charge < -0.3 is 9.47 Å². The molecule has 0 unspecified atom stereocenters. The molecule has 0 aliphatic carbocycles. The first-order chi connectivity index (χ1) is 15.8. The first-order valence-corrected chi connectivity index (χ1v) is 11.5. The van der Waals surface area contributed by atoms with Crippen LogP contribution in [-0.4, -0.2) is 24.7 Å². The van der Waals surface area contributed by atoms with Crippen molar-refractivity contribution in [2.75, 3.05) is 6.54 Å². The fourth-order valence-electron chi connectivity index (χ4n) is 2.94. The van der Waals surface area contributed by atoms with Crippen LogP contribution in [0.4, 0.5) is 0 Å². The zero-order valence-corrected chi connectivity index (χ0v) is 20.5. The fourth-order valence-corrected chi connectivity index (χ4v) is 3.39. The van der Waals surface area contributed by atoms with E-state index in [1.165, 1.54) is 5.56 Å². The average Bonchev–Trinajstić information content (AvgIpc) is 2.79. The molecular weight excluding hydrogens is 482 g/mol. The topological polar surface area (TPSA) is 65.0 Å². The molecule has 0 aromatic heterocycles. The van der Waals surface area contributed by atoms with Gasteiger partial charge in [0.1, 0.15) is 0 Å². The van der Waals surface area contributed by atoms with Gasteiger partial charge in [0.25, 0.3) is 0 Å². The lowest BCUT2D eigenvalue weighted by molar-refractivity contribution is -0.137. The Morgan fingerprint density at radius 2 is 1.70 bits per heavy atom. The van der Waals surface area contributed by atoms with Crippen LogP contribution in [-0.2, 0) is 11.2 Å². The van der Waals surface area contributed by atoms with E-state index in [2.05, 4.69) is 20.9 Å². The van der Waals surface area contributed by atoms with Gasteiger partial charge in [-0.3, -0.25) is 9.79 Å². The molecule has 5 nitrogen and oxygen atoms in total. The van der Waals surface area contributed by atoms with Gasteiger partial charge in [-0.15, -0.1) is 0 Å². The summed E-state index contributed by atoms with van der Waals surface area (Å²) < 4.78 is 11.9. The summed E-state index contributed by atoms with van der Waals surface area (Å²) in [6, 6.07) is 20.5. The van der Waals surface area contributed by atoms with Crippen LogP contribution < -0.4 is 9.47 Å². The Bertz CT molecular complexity index is 1140. The molecule has 0 spiro atoms. The summed E-state index contributed by atoms with van der Waals surface area (Å²) in [5.74, 6) is -1.00. The first-order valence-electron chi connectivity index (χ1n) is 10.7. The lowest BCUT2D eigenvalue weighted by atomic mass is 10.1. The Kier molecular flexibility index (Phi) is 8.55. The van der Waals surface area contributed by atoms with Crippen LogP contribution in [0.25, 0.3) is 0 Å². The summed E-state index contributed by atoms with van der Waals surface area (Å²) in [6.45, 7) is 5.99. The van der Waals surface area contributed by atoms with E-state index in [0.717, 1.165) is 12.0 Å². The van der Waals surface area contributed by atoms with E-state index in [4.69, 9.17) is 9.47 Å². The first kappa shape index (κ1) is 24.4. The Labute approximate surface area is 202 Å². The van der Waals surface area contributed by atoms with Crippen molar-refractivity contribution in [2.24, 2.45) is 10.9 Å². The Morgan fingerprint density at radius 1 is 1.00 bits per heavy atom. The van der Waals surface area contributed by atoms with Crippen molar-refractivity contribution in [3.05, 3.63) is 93.5 Å². The quantitative estimate of drug-likeness (QED) is 0.207. The zero-order valence-electron chi connectivity index (χ0n) is 18.9. The highest BCUT2D eigenvalue weighted by Gasteiger charge is 2.21. The number of esters is 2. The van der Waals surface area contributed by atoms with E-state index in [1.807, 2.05) is 49.4 Å². The van der Waals surface area contributed by atoms with Gasteiger partial charge in [0, 0.05) is 22.8 Å². The third-order valence-electron chi connectivity index (χ3n) is 4.82. The molecule has 0 atom stereocenters. The van der Waals surface area contributed by atoms with Gasteiger partial charge >= 0.3 is 11.9 Å². The van der Waals surface area contributed by atoms with Crippen LogP contribution in [0.2, 0.25) is 0 Å². The molecule has 3 aromatic carbocycles. The van der Waals surface area contributed by atoms with Gasteiger partial charge in [0.15, 0.2) is 11.5 Å². The summed E-state index contributed by atoms with van der Waals surface area (Å²) in [7, 11) is 0. The van der Waals surface area contributed by atoms with Crippen molar-refractivity contribution in [1.82, 2.24) is 0 Å². The second-order valence-electron chi connectivity index (χ2n) is 7.92. The van der Waals surface area contributed by atoms with E-state index in [0.29, 0.717) is 22.1 Å². The number of hydrogen-bond acceptors (Lipinski definition) is 5. The number of aliphatic imine (C=N–C) groups is 1. The largest absolute Gasteiger partial charge is 0.422 e. The molecule has 0 fully saturated rings. The zero-order chi connectivity index (χ0) is 23.8. The predicted molar refractivity (Wildman–Crippen MR) is 133 cm³/mol. The molecule has 0 radical (unpaired) electrons. The molecule has 33 heavy (non-hydrogen) atoms. The minimum atomic E-state index is -0.540. The molecule has 0 N–H and O–H groups in total. The summed E-state index contributed by atoms with van der Waals surface area (Å²) >= 11 is 3.45. The number of halogens is 1. The fraction of sp³-hybridized carbons (Fsp3) is 0.222. The molecule has 3 rings (SSSR count). The minimum absolute atomic E-state index is 0.147. The van der Waals surface area contributed by atoms with Gasteiger partial charge in [0.2, 0.25) is 0 Å². The molecule has 0 aliphatic heterocycles. The summed E-state index contributed by atoms with van der Waals surface area (Å²) in [4.78, 5) is 29.6. The minimum Gasteiger partial charge on any atom is -0.422 e. The average molecular weight is 508 g/mol. The van der Waals surface area contributed by atoms with Crippen LogP contribution in [0.1, 0.15) is 40.9 Å². The van der Waals surface area contributed by atoms with Gasteiger partial charge in [0.05, 0.1) is 11.5 Å². The Balaban J connectivity index is 1.88. The number of ether oxygens (including phenoxy) is 2. The van der Waals surface area contributed by atoms with Gasteiger partial charge in [-0.05, 0) is 43.2 Å². The van der Waals surface area contributed by atoms with E-state index in [-0.39, 0.29) is 17.4 Å². The molecule has 170 valence electrons. The highest BCUT2D eigenvalue weighted by atomic mass is 79.9. The number of aryl methyl sites for hydroxylation is 1. The molecular formula is C27H26BrNO4. The van der Waals surface area contributed by atoms with E-state index in [9.17, 15) is 9.59 Å². The molecule has 6 heteroatoms. The molecule has 0 saturated heterocycles. The second kappa shape index (κ2) is 11.6. The maximum atomic E-state index is 12.7. The second-order valence-corrected chi connectivity index (χ2v) is 8.84. The Morgan fingerprint density at radius 3 is 2.36 bits per heavy atom. The molecule has 3 aromatic rings. The summed E-state index contributed by atoms with van der Waals surface area (Å²) in [5, 5.41) is 0. The molecule has 0 heterocycles. The van der Waals surface area contributed by atoms with Crippen molar-refractivity contribution >= 4 is 34.1 Å². The van der Waals surface area contributed by atoms with Crippen LogP contribution in [0.5, 0.6) is 11.5 Å². The number of carbonyl (C=O) groups excluding carboxylic acids is 2. The number of carbonyl (C=O) groups is 2. The van der Waals surface area contributed by atoms with Crippen LogP contribution in [0.3, 0.4) is 0 Å². The maximum Gasteiger partial charge on any atom is 0.343 e. The third kappa shape index (κ3) is 7.12. The standard InChI is InChI=1S/C27H26BrNO4/c1-18(2)26(30)33-25-22(17-29-14-13-20-7-5-4-6-8-20)15-23(28)16-24(25)32-27(31)21-11-9-19(3)10-12-21/h4-12,15-18H,13-14H2,1-3H3. The highest BCUT2D eigenvalue weighted by Crippen LogP contribution is 2.35. The lowest BCUT2D eigenvalue weighted by Crippen LogP contribution is -2.17. The normalized spacial score (nSPS) is 11.1. The van der Waals surface area contributed by atoms with Crippen LogP contribution >= 0.6 is 15.9 Å². The van der Waals surface area contributed by atoms with Crippen molar-refractivity contribution in [3.8, 4) is 11.5 Å². The van der Waals surface area contributed by atoms with Crippen LogP contribution in [0, 0.1) is 12.8 Å². The maximum absolute atomic E-state index is 12.7. The number of hydrogen-bond donors (Lipinski definition) is 0. The van der Waals surface area contributed by atoms with E-state index >= 15 is 0 Å². The molecule has 0 aliphatic rings. The monoisotopic (exact) mass is 507 g/mol. The molecule has 0 amide bonds. The third-order valence-corrected chi connectivity index (χ3v) is 5.27. The van der Waals surface area contributed by atoms with E-state index in [1.54, 1.807) is 44.3 Å². The SMILES string of the molecule is Cc1ccc(C(=O)Oc2cc(Br)cc(C=NCCc3ccccc3)c2OC(=O)C(C)C)cc1. The van der Waals surface area contributed by atoms with Crippen molar-refractivity contribution < 1.29 is 19.1 Å². The summed E-state index contributed by atoms with van der Waals surface area (Å²) in [5.41, 5.74) is 3.16. The summed E-state index contributed by atoms with van der Waals surface area (Å²) in [6.07, 6.45) is 2.42. The van der Waals surface area contributed by atoms with Crippen LogP contribution in [0.15, 0.2) is 76.2 Å². The Hall–Kier alpha value is -3.25.